The molecule has 1 radical (unpaired) electrons. The van der Waals surface area contributed by atoms with E-state index in [-0.39, 0.29) is 70.0 Å². The fraction of sp³-hybridized carbons (Fsp3) is 0.944. The van der Waals surface area contributed by atoms with Gasteiger partial charge in [-0.05, 0) is 5.41 Å². The Morgan fingerprint density at radius 1 is 0.760 bits per heavy atom. The minimum absolute atomic E-state index is 0. The van der Waals surface area contributed by atoms with Crippen molar-refractivity contribution >= 4 is 0 Å². The molecule has 153 valence electrons. The van der Waals surface area contributed by atoms with Gasteiger partial charge < -0.3 is 32.7 Å². The number of hydrogen-bond acceptors (Lipinski definition) is 5. The van der Waals surface area contributed by atoms with Crippen LogP contribution in [0, 0.1) is 17.8 Å². The molecule has 4 N–H and O–H groups in total. The van der Waals surface area contributed by atoms with Crippen LogP contribution < -0.4 is 0 Å². The van der Waals surface area contributed by atoms with Crippen molar-refractivity contribution in [3.63, 3.8) is 0 Å². The summed E-state index contributed by atoms with van der Waals surface area (Å²) >= 11 is 0. The van der Waals surface area contributed by atoms with Gasteiger partial charge in [-0.3, -0.25) is 4.90 Å². The summed E-state index contributed by atoms with van der Waals surface area (Å²) < 4.78 is 0. The van der Waals surface area contributed by atoms with E-state index >= 15 is 0 Å². The van der Waals surface area contributed by atoms with E-state index < -0.39 is 0 Å². The summed E-state index contributed by atoms with van der Waals surface area (Å²) in [4.78, 5) is 2.07. The Morgan fingerprint density at radius 2 is 1.08 bits per heavy atom. The molecule has 0 aliphatic heterocycles. The molecule has 0 unspecified atom stereocenters. The third-order valence-electron chi connectivity index (χ3n) is 2.05. The Bertz CT molecular complexity index is 228. The summed E-state index contributed by atoms with van der Waals surface area (Å²) in [7, 11) is 0. The van der Waals surface area contributed by atoms with Crippen LogP contribution in [-0.4, -0.2) is 84.5 Å². The predicted octanol–water partition coefficient (Wildman–Crippen LogP) is 1.53. The number of nitrogens with zero attached hydrogens (tertiary/aromatic N) is 2. The Labute approximate surface area is 181 Å². The maximum Gasteiger partial charge on any atom is 0.0558 e. The molecule has 6 nitrogen and oxygen atoms in total. The molecule has 7 heteroatoms. The zero-order valence-electron chi connectivity index (χ0n) is 17.3. The van der Waals surface area contributed by atoms with E-state index in [1.165, 1.54) is 0 Å². The molecule has 0 spiro atoms. The van der Waals surface area contributed by atoms with E-state index in [4.69, 9.17) is 20.4 Å². The Morgan fingerprint density at radius 3 is 1.28 bits per heavy atom. The van der Waals surface area contributed by atoms with Crippen LogP contribution in [-0.2, 0) is 32.7 Å². The molecule has 0 heterocycles. The van der Waals surface area contributed by atoms with Gasteiger partial charge in [-0.1, -0.05) is 41.5 Å². The molecular formula is C18H42N2O4Y-2. The fourth-order valence-electron chi connectivity index (χ4n) is 1.48. The van der Waals surface area contributed by atoms with Crippen molar-refractivity contribution in [3.8, 4) is 0 Å². The Balaban J connectivity index is -0.000000145. The van der Waals surface area contributed by atoms with E-state index in [0.29, 0.717) is 26.2 Å². The summed E-state index contributed by atoms with van der Waals surface area (Å²) in [5.74, 6) is 0. The molecule has 0 fully saturated rings. The minimum Gasteiger partial charge on any atom is -0.659 e. The SMILES string of the molecule is CC(C)(C)CN(CCO)CCO.OCC[N-]CCO.[CH2-]C(C)(C)C.[Y]. The van der Waals surface area contributed by atoms with Crippen molar-refractivity contribution in [2.24, 2.45) is 10.8 Å². The summed E-state index contributed by atoms with van der Waals surface area (Å²) in [6.45, 7) is 20.0. The fourth-order valence-corrected chi connectivity index (χ4v) is 1.48. The second-order valence-electron chi connectivity index (χ2n) is 7.96. The van der Waals surface area contributed by atoms with Crippen LogP contribution in [0.5, 0.6) is 0 Å². The molecular weight excluding hydrogens is 397 g/mol. The molecule has 0 bridgehead atoms. The molecule has 0 rings (SSSR count). The smallest absolute Gasteiger partial charge is 0.0558 e. The van der Waals surface area contributed by atoms with E-state index in [2.05, 4.69) is 58.7 Å². The van der Waals surface area contributed by atoms with E-state index in [1.54, 1.807) is 0 Å². The number of hydrogen-bond donors (Lipinski definition) is 4. The van der Waals surface area contributed by atoms with Gasteiger partial charge in [0.05, 0.1) is 13.2 Å². The maximum atomic E-state index is 8.74. The van der Waals surface area contributed by atoms with Crippen LogP contribution in [0.1, 0.15) is 41.5 Å². The van der Waals surface area contributed by atoms with Crippen molar-refractivity contribution in [2.75, 3.05) is 59.2 Å². The predicted molar refractivity (Wildman–Crippen MR) is 102 cm³/mol. The van der Waals surface area contributed by atoms with Crippen molar-refractivity contribution in [2.45, 2.75) is 41.5 Å². The van der Waals surface area contributed by atoms with Gasteiger partial charge in [0.1, 0.15) is 0 Å². The van der Waals surface area contributed by atoms with Crippen molar-refractivity contribution < 1.29 is 53.1 Å². The molecule has 0 aromatic carbocycles. The van der Waals surface area contributed by atoms with Crippen LogP contribution in [0.4, 0.5) is 0 Å². The zero-order chi connectivity index (χ0) is 19.6. The molecule has 0 aromatic rings. The number of aliphatic hydroxyl groups excluding tert-OH is 4. The van der Waals surface area contributed by atoms with Gasteiger partial charge >= 0.3 is 0 Å². The summed E-state index contributed by atoms with van der Waals surface area (Å²) in [6, 6.07) is 0. The largest absolute Gasteiger partial charge is 0.659 e. The third kappa shape index (κ3) is 51.6. The molecule has 25 heavy (non-hydrogen) atoms. The van der Waals surface area contributed by atoms with Gasteiger partial charge in [-0.15, -0.1) is 13.1 Å². The first-order valence-electron chi connectivity index (χ1n) is 8.55. The van der Waals surface area contributed by atoms with Gasteiger partial charge in [0.25, 0.3) is 0 Å². The quantitative estimate of drug-likeness (QED) is 0.323. The first-order chi connectivity index (χ1) is 10.9. The first-order valence-corrected chi connectivity index (χ1v) is 8.55. The maximum absolute atomic E-state index is 8.74. The topological polar surface area (TPSA) is 98.3 Å². The van der Waals surface area contributed by atoms with E-state index in [1.807, 2.05) is 0 Å². The molecule has 0 atom stereocenters. The van der Waals surface area contributed by atoms with Crippen molar-refractivity contribution in [1.82, 2.24) is 4.90 Å². The minimum atomic E-state index is 0. The van der Waals surface area contributed by atoms with Gasteiger partial charge in [0, 0.05) is 65.6 Å². The second kappa shape index (κ2) is 21.2. The van der Waals surface area contributed by atoms with Crippen LogP contribution >= 0.6 is 0 Å². The zero-order valence-corrected chi connectivity index (χ0v) is 20.2. The third-order valence-corrected chi connectivity index (χ3v) is 2.05. The van der Waals surface area contributed by atoms with Crippen molar-refractivity contribution in [1.29, 1.82) is 0 Å². The molecule has 0 aromatic heterocycles. The normalized spacial score (nSPS) is 11.0. The summed E-state index contributed by atoms with van der Waals surface area (Å²) in [6.07, 6.45) is 0. The van der Waals surface area contributed by atoms with E-state index in [9.17, 15) is 0 Å². The van der Waals surface area contributed by atoms with E-state index in [0.717, 1.165) is 6.54 Å². The average Bonchev–Trinajstić information content (AvgIpc) is 2.37. The summed E-state index contributed by atoms with van der Waals surface area (Å²) in [5.41, 5.74) is 0.477. The standard InChI is InChI=1S/C9H21NO2.C5H11.C4H10NO2.Y/c1-9(2,3)8-10(4-6-11)5-7-12;1-5(2,3)4;6-3-1-5-2-4-7;/h11-12H,4-8H2,1-3H3;1H2,2-4H3;6-7H,1-4H2;/q;2*-1;. The van der Waals surface area contributed by atoms with Gasteiger partial charge in [0.15, 0.2) is 0 Å². The van der Waals surface area contributed by atoms with Gasteiger partial charge in [-0.25, -0.2) is 0 Å². The first kappa shape index (κ1) is 33.4. The molecule has 0 aliphatic carbocycles. The Hall–Kier alpha value is 0.864. The molecule has 0 saturated carbocycles. The van der Waals surface area contributed by atoms with Crippen LogP contribution in [0.2, 0.25) is 0 Å². The number of aliphatic hydroxyl groups is 4. The molecule has 0 aliphatic rings. The van der Waals surface area contributed by atoms with Crippen molar-refractivity contribution in [3.05, 3.63) is 12.2 Å². The average molecular weight is 439 g/mol. The van der Waals surface area contributed by atoms with Crippen LogP contribution in [0.3, 0.4) is 0 Å². The number of rotatable bonds is 9. The monoisotopic (exact) mass is 439 g/mol. The van der Waals surface area contributed by atoms with Crippen LogP contribution in [0.15, 0.2) is 0 Å². The second-order valence-corrected chi connectivity index (χ2v) is 7.96. The van der Waals surface area contributed by atoms with Gasteiger partial charge in [-0.2, -0.15) is 5.41 Å². The molecule has 0 amide bonds. The summed E-state index contributed by atoms with van der Waals surface area (Å²) in [5, 5.41) is 37.4. The Kier molecular flexibility index (Phi) is 28.3. The van der Waals surface area contributed by atoms with Crippen LogP contribution in [0.25, 0.3) is 5.32 Å². The van der Waals surface area contributed by atoms with Gasteiger partial charge in [0.2, 0.25) is 0 Å². The molecule has 0 saturated heterocycles.